The number of para-hydroxylation sites is 1. The van der Waals surface area contributed by atoms with E-state index >= 15 is 0 Å². The Morgan fingerprint density at radius 3 is 2.52 bits per heavy atom. The van der Waals surface area contributed by atoms with Gasteiger partial charge in [0.15, 0.2) is 0 Å². The van der Waals surface area contributed by atoms with Crippen molar-refractivity contribution in [2.75, 3.05) is 0 Å². The monoisotopic (exact) mass is 421 g/mol. The number of halogens is 1. The van der Waals surface area contributed by atoms with Gasteiger partial charge >= 0.3 is 5.97 Å². The third kappa shape index (κ3) is 4.98. The quantitative estimate of drug-likeness (QED) is 0.498. The summed E-state index contributed by atoms with van der Waals surface area (Å²) in [4.78, 5) is 15.6. The fourth-order valence-electron chi connectivity index (χ4n) is 3.86. The Kier molecular flexibility index (Phi) is 6.11. The van der Waals surface area contributed by atoms with Crippen molar-refractivity contribution < 1.29 is 24.5 Å². The second-order valence-corrected chi connectivity index (χ2v) is 8.00. The van der Waals surface area contributed by atoms with Crippen LogP contribution in [0.2, 0.25) is 0 Å². The maximum Gasteiger partial charge on any atom is 0.305 e. The van der Waals surface area contributed by atoms with Crippen LogP contribution >= 0.6 is 0 Å². The van der Waals surface area contributed by atoms with Crippen LogP contribution in [0.15, 0.2) is 54.6 Å². The zero-order valence-electron chi connectivity index (χ0n) is 16.9. The molecule has 0 amide bonds. The molecule has 0 spiro atoms. The fraction of sp³-hybridized carbons (Fsp3) is 0.280. The number of aromatic nitrogens is 1. The Balaban J connectivity index is 1.79. The van der Waals surface area contributed by atoms with Gasteiger partial charge in [-0.1, -0.05) is 42.5 Å². The molecule has 0 aliphatic heterocycles. The van der Waals surface area contributed by atoms with Crippen LogP contribution in [-0.4, -0.2) is 38.5 Å². The first kappa shape index (κ1) is 21.2. The highest BCUT2D eigenvalue weighted by Crippen LogP contribution is 2.45. The lowest BCUT2D eigenvalue weighted by Crippen LogP contribution is -2.19. The number of benzene rings is 2. The first-order chi connectivity index (χ1) is 14.9. The molecule has 160 valence electrons. The molecule has 31 heavy (non-hydrogen) atoms. The predicted octanol–water partition coefficient (Wildman–Crippen LogP) is 4.52. The van der Waals surface area contributed by atoms with Gasteiger partial charge in [-0.25, -0.2) is 4.39 Å². The molecule has 3 aromatic rings. The average Bonchev–Trinajstić information content (AvgIpc) is 3.56. The number of carboxylic acids is 1. The highest BCUT2D eigenvalue weighted by atomic mass is 19.1. The van der Waals surface area contributed by atoms with E-state index in [2.05, 4.69) is 0 Å². The van der Waals surface area contributed by atoms with E-state index in [1.807, 2.05) is 24.3 Å². The first-order valence-corrected chi connectivity index (χ1v) is 10.4. The molecule has 1 fully saturated rings. The molecule has 1 aliphatic carbocycles. The van der Waals surface area contributed by atoms with Crippen LogP contribution in [0.25, 0.3) is 28.1 Å². The second kappa shape index (κ2) is 8.96. The lowest BCUT2D eigenvalue weighted by molar-refractivity contribution is -0.139. The van der Waals surface area contributed by atoms with Crippen LogP contribution in [0.5, 0.6) is 0 Å². The van der Waals surface area contributed by atoms with E-state index in [1.54, 1.807) is 24.3 Å². The molecule has 1 aromatic heterocycles. The lowest BCUT2D eigenvalue weighted by Gasteiger charge is -2.16. The highest BCUT2D eigenvalue weighted by Gasteiger charge is 2.29. The van der Waals surface area contributed by atoms with E-state index in [4.69, 9.17) is 10.1 Å². The van der Waals surface area contributed by atoms with Crippen molar-refractivity contribution in [2.45, 2.75) is 43.8 Å². The van der Waals surface area contributed by atoms with Crippen molar-refractivity contribution in [3.8, 4) is 11.1 Å². The SMILES string of the molecule is O=C(O)C[C@H](O)CC(O)C=Cc1c(C2CC2)nc2ccccc2c1-c1ccc(F)cc1. The van der Waals surface area contributed by atoms with Crippen LogP contribution in [0.3, 0.4) is 0 Å². The molecule has 1 aliphatic rings. The predicted molar refractivity (Wildman–Crippen MR) is 117 cm³/mol. The Labute approximate surface area is 179 Å². The summed E-state index contributed by atoms with van der Waals surface area (Å²) < 4.78 is 13.6. The van der Waals surface area contributed by atoms with Crippen LogP contribution in [0.4, 0.5) is 4.39 Å². The van der Waals surface area contributed by atoms with Crippen molar-refractivity contribution in [3.05, 3.63) is 71.7 Å². The Hall–Kier alpha value is -3.09. The number of nitrogens with zero attached hydrogens (tertiary/aromatic N) is 1. The molecule has 3 N–H and O–H groups in total. The molecule has 4 rings (SSSR count). The van der Waals surface area contributed by atoms with Crippen LogP contribution in [0, 0.1) is 5.82 Å². The van der Waals surface area contributed by atoms with E-state index in [0.717, 1.165) is 46.1 Å². The van der Waals surface area contributed by atoms with E-state index in [0.29, 0.717) is 5.92 Å². The maximum atomic E-state index is 13.6. The number of rotatable bonds is 8. The molecule has 0 saturated heterocycles. The third-order valence-electron chi connectivity index (χ3n) is 5.47. The van der Waals surface area contributed by atoms with Crippen LogP contribution in [0.1, 0.15) is 42.9 Å². The normalized spacial score (nSPS) is 16.0. The van der Waals surface area contributed by atoms with Crippen molar-refractivity contribution >= 4 is 22.9 Å². The van der Waals surface area contributed by atoms with Gasteiger partial charge in [0.25, 0.3) is 0 Å². The molecule has 2 aromatic carbocycles. The van der Waals surface area contributed by atoms with Crippen molar-refractivity contribution in [3.63, 3.8) is 0 Å². The largest absolute Gasteiger partial charge is 0.481 e. The fourth-order valence-corrected chi connectivity index (χ4v) is 3.86. The summed E-state index contributed by atoms with van der Waals surface area (Å²) in [5, 5.41) is 29.9. The number of aliphatic carboxylic acids is 1. The maximum absolute atomic E-state index is 13.6. The Bertz CT molecular complexity index is 1120. The van der Waals surface area contributed by atoms with Gasteiger partial charge < -0.3 is 15.3 Å². The standard InChI is InChI=1S/C25H24FNO4/c26-17-9-7-15(8-10-17)24-20-3-1-2-4-22(20)27-25(16-5-6-16)21(24)12-11-18(28)13-19(29)14-23(30)31/h1-4,7-12,16,18-19,28-29H,5-6,13-14H2,(H,30,31)/t18?,19-/m1/s1. The van der Waals surface area contributed by atoms with Gasteiger partial charge in [-0.15, -0.1) is 0 Å². The van der Waals surface area contributed by atoms with E-state index in [1.165, 1.54) is 12.1 Å². The molecular weight excluding hydrogens is 397 g/mol. The Morgan fingerprint density at radius 2 is 1.84 bits per heavy atom. The van der Waals surface area contributed by atoms with E-state index < -0.39 is 24.6 Å². The van der Waals surface area contributed by atoms with Crippen LogP contribution < -0.4 is 0 Å². The number of fused-ring (bicyclic) bond motifs is 1. The lowest BCUT2D eigenvalue weighted by atomic mass is 9.92. The van der Waals surface area contributed by atoms with Gasteiger partial charge in [-0.3, -0.25) is 9.78 Å². The van der Waals surface area contributed by atoms with E-state index in [9.17, 15) is 19.4 Å². The number of carboxylic acid groups (broad SMARTS) is 1. The summed E-state index contributed by atoms with van der Waals surface area (Å²) in [5.74, 6) is -1.10. The summed E-state index contributed by atoms with van der Waals surface area (Å²) in [6.07, 6.45) is 2.80. The molecule has 6 heteroatoms. The zero-order valence-corrected chi connectivity index (χ0v) is 16.9. The number of hydrogen-bond acceptors (Lipinski definition) is 4. The summed E-state index contributed by atoms with van der Waals surface area (Å²) in [5.41, 5.74) is 4.43. The molecule has 1 heterocycles. The number of aliphatic hydroxyl groups excluding tert-OH is 2. The minimum atomic E-state index is -1.13. The second-order valence-electron chi connectivity index (χ2n) is 8.00. The van der Waals surface area contributed by atoms with Crippen molar-refractivity contribution in [1.82, 2.24) is 4.98 Å². The molecule has 0 radical (unpaired) electrons. The molecule has 1 saturated carbocycles. The van der Waals surface area contributed by atoms with Gasteiger partial charge in [0, 0.05) is 28.9 Å². The van der Waals surface area contributed by atoms with Crippen molar-refractivity contribution in [1.29, 1.82) is 0 Å². The molecule has 2 atom stereocenters. The third-order valence-corrected chi connectivity index (χ3v) is 5.47. The molecule has 1 unspecified atom stereocenters. The minimum Gasteiger partial charge on any atom is -0.481 e. The number of pyridine rings is 1. The van der Waals surface area contributed by atoms with Crippen LogP contribution in [-0.2, 0) is 4.79 Å². The smallest absolute Gasteiger partial charge is 0.305 e. The summed E-state index contributed by atoms with van der Waals surface area (Å²) in [7, 11) is 0. The Morgan fingerprint density at radius 1 is 1.13 bits per heavy atom. The van der Waals surface area contributed by atoms with Gasteiger partial charge in [0.05, 0.1) is 29.8 Å². The number of aliphatic hydroxyl groups is 2. The summed E-state index contributed by atoms with van der Waals surface area (Å²) in [6, 6.07) is 14.1. The van der Waals surface area contributed by atoms with Gasteiger partial charge in [-0.05, 0) is 36.6 Å². The average molecular weight is 421 g/mol. The van der Waals surface area contributed by atoms with Gasteiger partial charge in [0.2, 0.25) is 0 Å². The molecule has 5 nitrogen and oxygen atoms in total. The number of carbonyl (C=O) groups is 1. The minimum absolute atomic E-state index is 0.0749. The highest BCUT2D eigenvalue weighted by molar-refractivity contribution is 5.99. The van der Waals surface area contributed by atoms with Gasteiger partial charge in [-0.2, -0.15) is 0 Å². The summed E-state index contributed by atoms with van der Waals surface area (Å²) >= 11 is 0. The van der Waals surface area contributed by atoms with Gasteiger partial charge in [0.1, 0.15) is 5.82 Å². The zero-order chi connectivity index (χ0) is 22.0. The van der Waals surface area contributed by atoms with E-state index in [-0.39, 0.29) is 12.2 Å². The number of hydrogen-bond donors (Lipinski definition) is 3. The topological polar surface area (TPSA) is 90.7 Å². The summed E-state index contributed by atoms with van der Waals surface area (Å²) in [6.45, 7) is 0. The first-order valence-electron chi connectivity index (χ1n) is 10.4. The molecule has 0 bridgehead atoms. The van der Waals surface area contributed by atoms with Crippen molar-refractivity contribution in [2.24, 2.45) is 0 Å². The molecular formula is C25H24FNO4.